The van der Waals surface area contributed by atoms with Gasteiger partial charge >= 0.3 is 0 Å². The van der Waals surface area contributed by atoms with E-state index in [2.05, 4.69) is 9.97 Å². The molecule has 2 heterocycles. The second-order valence-corrected chi connectivity index (χ2v) is 3.79. The Morgan fingerprint density at radius 2 is 1.82 bits per heavy atom. The molecular formula is C12H14F2N2S. The first-order chi connectivity index (χ1) is 8.00. The molecule has 2 aromatic heterocycles. The number of hydrogen-bond acceptors (Lipinski definition) is 2. The fraction of sp³-hybridized carbons (Fsp3) is 0.333. The lowest BCUT2D eigenvalue weighted by Crippen LogP contribution is -1.98. The van der Waals surface area contributed by atoms with E-state index in [4.69, 9.17) is 12.2 Å². The van der Waals surface area contributed by atoms with Gasteiger partial charge in [0.15, 0.2) is 0 Å². The van der Waals surface area contributed by atoms with Crippen molar-refractivity contribution in [1.82, 2.24) is 9.97 Å². The molecule has 0 fully saturated rings. The minimum atomic E-state index is -0.811. The van der Waals surface area contributed by atoms with E-state index in [0.717, 1.165) is 5.56 Å². The van der Waals surface area contributed by atoms with Gasteiger partial charge in [0.2, 0.25) is 5.95 Å². The highest BCUT2D eigenvalue weighted by molar-refractivity contribution is 7.71. The molecule has 0 aliphatic rings. The number of rotatable bonds is 0. The number of nitrogens with one attached hydrogen (secondary N) is 1. The minimum Gasteiger partial charge on any atom is -0.330 e. The molecule has 0 saturated carbocycles. The maximum atomic E-state index is 13.6. The lowest BCUT2D eigenvalue weighted by molar-refractivity contribution is 0.547. The molecule has 0 spiro atoms. The van der Waals surface area contributed by atoms with Gasteiger partial charge in [-0.3, -0.25) is 0 Å². The van der Waals surface area contributed by atoms with Crippen LogP contribution in [0.25, 0.3) is 11.0 Å². The summed E-state index contributed by atoms with van der Waals surface area (Å²) in [6, 6.07) is 1.57. The average molecular weight is 256 g/mol. The second-order valence-electron chi connectivity index (χ2n) is 3.39. The molecule has 92 valence electrons. The molecule has 0 aliphatic carbocycles. The number of H-pyrrole nitrogens is 1. The largest absolute Gasteiger partial charge is 0.330 e. The van der Waals surface area contributed by atoms with E-state index in [1.165, 1.54) is 6.92 Å². The van der Waals surface area contributed by atoms with E-state index in [-0.39, 0.29) is 16.6 Å². The molecule has 2 aromatic rings. The number of pyridine rings is 2. The standard InChI is InChI=1S/C10H8F2N2S.C2H6/c1-4-3-6-7(11)5(2)8(12)13-9(6)14-10(4)15;1-2/h3H,1-2H3,(H,13,14,15);1-2H3. The van der Waals surface area contributed by atoms with Gasteiger partial charge in [0.1, 0.15) is 16.1 Å². The van der Waals surface area contributed by atoms with Crippen molar-refractivity contribution in [3.05, 3.63) is 33.6 Å². The van der Waals surface area contributed by atoms with Crippen molar-refractivity contribution in [3.63, 3.8) is 0 Å². The molecular weight excluding hydrogens is 242 g/mol. The van der Waals surface area contributed by atoms with Crippen LogP contribution in [0.1, 0.15) is 25.0 Å². The second kappa shape index (κ2) is 5.31. The Morgan fingerprint density at radius 1 is 1.24 bits per heavy atom. The van der Waals surface area contributed by atoms with Gasteiger partial charge in [-0.25, -0.2) is 9.37 Å². The van der Waals surface area contributed by atoms with E-state index < -0.39 is 11.8 Å². The molecule has 0 saturated heterocycles. The van der Waals surface area contributed by atoms with E-state index in [0.29, 0.717) is 4.64 Å². The topological polar surface area (TPSA) is 28.7 Å². The average Bonchev–Trinajstić information content (AvgIpc) is 2.32. The highest BCUT2D eigenvalue weighted by Crippen LogP contribution is 2.20. The van der Waals surface area contributed by atoms with Crippen LogP contribution >= 0.6 is 12.2 Å². The van der Waals surface area contributed by atoms with Gasteiger partial charge in [0.05, 0.1) is 5.39 Å². The monoisotopic (exact) mass is 256 g/mol. The SMILES string of the molecule is CC.Cc1c(F)nc2[nH]c(=S)c(C)cc2c1F. The maximum Gasteiger partial charge on any atom is 0.220 e. The molecule has 0 radical (unpaired) electrons. The molecule has 5 heteroatoms. The van der Waals surface area contributed by atoms with E-state index in [9.17, 15) is 8.78 Å². The third kappa shape index (κ3) is 2.49. The molecule has 2 nitrogen and oxygen atoms in total. The van der Waals surface area contributed by atoms with Gasteiger partial charge in [-0.05, 0) is 25.5 Å². The van der Waals surface area contributed by atoms with Crippen LogP contribution in [0.4, 0.5) is 8.78 Å². The summed E-state index contributed by atoms with van der Waals surface area (Å²) in [5.74, 6) is -1.40. The number of fused-ring (bicyclic) bond motifs is 1. The smallest absolute Gasteiger partial charge is 0.220 e. The Balaban J connectivity index is 0.000000686. The van der Waals surface area contributed by atoms with Crippen molar-refractivity contribution >= 4 is 23.3 Å². The quantitative estimate of drug-likeness (QED) is 0.565. The van der Waals surface area contributed by atoms with Crippen LogP contribution in [0.3, 0.4) is 0 Å². The molecule has 0 aliphatic heterocycles. The Bertz CT molecular complexity index is 605. The zero-order valence-electron chi connectivity index (χ0n) is 10.2. The molecule has 17 heavy (non-hydrogen) atoms. The van der Waals surface area contributed by atoms with E-state index >= 15 is 0 Å². The van der Waals surface area contributed by atoms with E-state index in [1.54, 1.807) is 13.0 Å². The number of aryl methyl sites for hydroxylation is 1. The highest BCUT2D eigenvalue weighted by atomic mass is 32.1. The number of nitrogens with zero attached hydrogens (tertiary/aromatic N) is 1. The lowest BCUT2D eigenvalue weighted by atomic mass is 10.2. The van der Waals surface area contributed by atoms with Crippen LogP contribution in [-0.2, 0) is 0 Å². The maximum absolute atomic E-state index is 13.6. The fourth-order valence-corrected chi connectivity index (χ4v) is 1.51. The van der Waals surface area contributed by atoms with Gasteiger partial charge < -0.3 is 4.98 Å². The van der Waals surface area contributed by atoms with Gasteiger partial charge in [-0.15, -0.1) is 0 Å². The summed E-state index contributed by atoms with van der Waals surface area (Å²) in [6.07, 6.45) is 0. The lowest BCUT2D eigenvalue weighted by Gasteiger charge is -2.04. The van der Waals surface area contributed by atoms with Crippen LogP contribution in [0.5, 0.6) is 0 Å². The van der Waals surface area contributed by atoms with Gasteiger partial charge in [-0.1, -0.05) is 26.1 Å². The van der Waals surface area contributed by atoms with Crippen LogP contribution in [0.2, 0.25) is 0 Å². The number of aromatic nitrogens is 2. The third-order valence-corrected chi connectivity index (χ3v) is 2.72. The Kier molecular flexibility index (Phi) is 4.28. The summed E-state index contributed by atoms with van der Waals surface area (Å²) in [5.41, 5.74) is 0.808. The molecule has 1 N–H and O–H groups in total. The number of halogens is 2. The summed E-state index contributed by atoms with van der Waals surface area (Å²) in [5, 5.41) is 0.264. The van der Waals surface area contributed by atoms with Crippen molar-refractivity contribution in [3.8, 4) is 0 Å². The third-order valence-electron chi connectivity index (χ3n) is 2.29. The summed E-state index contributed by atoms with van der Waals surface area (Å²) >= 11 is 4.96. The summed E-state index contributed by atoms with van der Waals surface area (Å²) < 4.78 is 27.2. The highest BCUT2D eigenvalue weighted by Gasteiger charge is 2.11. The molecule has 0 unspecified atom stereocenters. The first-order valence-electron chi connectivity index (χ1n) is 5.36. The van der Waals surface area contributed by atoms with Crippen molar-refractivity contribution in [1.29, 1.82) is 0 Å². The van der Waals surface area contributed by atoms with Gasteiger partial charge in [0, 0.05) is 5.56 Å². The Morgan fingerprint density at radius 3 is 2.41 bits per heavy atom. The molecule has 0 amide bonds. The van der Waals surface area contributed by atoms with Crippen LogP contribution in [0, 0.1) is 30.3 Å². The zero-order chi connectivity index (χ0) is 13.2. The fourth-order valence-electron chi connectivity index (χ4n) is 1.35. The van der Waals surface area contributed by atoms with Crippen molar-refractivity contribution in [2.75, 3.05) is 0 Å². The van der Waals surface area contributed by atoms with Crippen molar-refractivity contribution < 1.29 is 8.78 Å². The summed E-state index contributed by atoms with van der Waals surface area (Å²) in [4.78, 5) is 6.30. The predicted molar refractivity (Wildman–Crippen MR) is 67.7 cm³/mol. The van der Waals surface area contributed by atoms with Gasteiger partial charge in [0.25, 0.3) is 0 Å². The predicted octanol–water partition coefficient (Wildman–Crippen LogP) is 4.21. The molecule has 2 rings (SSSR count). The van der Waals surface area contributed by atoms with Crippen LogP contribution in [-0.4, -0.2) is 9.97 Å². The molecule has 0 atom stereocenters. The van der Waals surface area contributed by atoms with Gasteiger partial charge in [-0.2, -0.15) is 4.39 Å². The minimum absolute atomic E-state index is 0.0765. The number of hydrogen-bond donors (Lipinski definition) is 1. The van der Waals surface area contributed by atoms with Crippen LogP contribution < -0.4 is 0 Å². The van der Waals surface area contributed by atoms with Crippen molar-refractivity contribution in [2.24, 2.45) is 0 Å². The summed E-state index contributed by atoms with van der Waals surface area (Å²) in [6.45, 7) is 7.12. The molecule has 0 aromatic carbocycles. The molecule has 0 bridgehead atoms. The van der Waals surface area contributed by atoms with Crippen molar-refractivity contribution in [2.45, 2.75) is 27.7 Å². The van der Waals surface area contributed by atoms with Crippen LogP contribution in [0.15, 0.2) is 6.07 Å². The Labute approximate surface area is 104 Å². The first-order valence-corrected chi connectivity index (χ1v) is 5.76. The first kappa shape index (κ1) is 13.7. The zero-order valence-corrected chi connectivity index (χ0v) is 11.0. The summed E-state index contributed by atoms with van der Waals surface area (Å²) in [7, 11) is 0. The Hall–Kier alpha value is -1.36. The van der Waals surface area contributed by atoms with E-state index in [1.807, 2.05) is 13.8 Å². The normalized spacial score (nSPS) is 10.0. The number of aromatic amines is 1.